The molecule has 0 aliphatic rings. The van der Waals surface area contributed by atoms with Gasteiger partial charge in [-0.1, -0.05) is 6.07 Å². The van der Waals surface area contributed by atoms with Gasteiger partial charge in [0.15, 0.2) is 0 Å². The highest BCUT2D eigenvalue weighted by Crippen LogP contribution is 2.30. The summed E-state index contributed by atoms with van der Waals surface area (Å²) in [5, 5.41) is 8.62. The fourth-order valence-electron chi connectivity index (χ4n) is 3.09. The first-order valence-electron chi connectivity index (χ1n) is 8.58. The van der Waals surface area contributed by atoms with Crippen LogP contribution in [0.1, 0.15) is 6.92 Å². The monoisotopic (exact) mass is 364 g/mol. The van der Waals surface area contributed by atoms with Gasteiger partial charge >= 0.3 is 0 Å². The lowest BCUT2D eigenvalue weighted by molar-refractivity contribution is 0.190. The van der Waals surface area contributed by atoms with Crippen LogP contribution in [0.2, 0.25) is 0 Å². The molecule has 1 aromatic carbocycles. The number of rotatable bonds is 6. The van der Waals surface area contributed by atoms with E-state index < -0.39 is 0 Å². The van der Waals surface area contributed by atoms with Crippen LogP contribution in [0.25, 0.3) is 27.5 Å². The van der Waals surface area contributed by atoms with Crippen LogP contribution in [-0.2, 0) is 4.74 Å². The molecule has 0 aliphatic heterocycles. The highest BCUT2D eigenvalue weighted by molar-refractivity contribution is 5.91. The van der Waals surface area contributed by atoms with E-state index in [0.29, 0.717) is 18.4 Å². The van der Waals surface area contributed by atoms with Gasteiger partial charge in [0.2, 0.25) is 11.8 Å². The fourth-order valence-corrected chi connectivity index (χ4v) is 3.09. The maximum absolute atomic E-state index is 5.36. The molecule has 3 aromatic heterocycles. The third-order valence-corrected chi connectivity index (χ3v) is 4.31. The van der Waals surface area contributed by atoms with Crippen molar-refractivity contribution in [1.29, 1.82) is 0 Å². The molecule has 27 heavy (non-hydrogen) atoms. The molecule has 0 fully saturated rings. The number of methoxy groups -OCH3 is 2. The molecule has 4 aromatic rings. The molecule has 1 unspecified atom stereocenters. The summed E-state index contributed by atoms with van der Waals surface area (Å²) in [6.07, 6.45) is 5.23. The molecule has 4 rings (SSSR count). The molecule has 3 heterocycles. The van der Waals surface area contributed by atoms with E-state index in [1.165, 1.54) is 6.33 Å². The average molecular weight is 364 g/mol. The number of hydrogen-bond donors (Lipinski definition) is 1. The maximum Gasteiger partial charge on any atom is 0.241 e. The van der Waals surface area contributed by atoms with E-state index in [1.54, 1.807) is 14.2 Å². The third-order valence-electron chi connectivity index (χ3n) is 4.31. The van der Waals surface area contributed by atoms with Gasteiger partial charge < -0.3 is 14.8 Å². The van der Waals surface area contributed by atoms with Crippen LogP contribution in [0.15, 0.2) is 43.0 Å². The molecule has 0 radical (unpaired) electrons. The van der Waals surface area contributed by atoms with Gasteiger partial charge in [-0.25, -0.2) is 19.5 Å². The van der Waals surface area contributed by atoms with E-state index in [4.69, 9.17) is 9.47 Å². The van der Waals surface area contributed by atoms with Crippen molar-refractivity contribution in [3.05, 3.63) is 43.0 Å². The Hall–Kier alpha value is -3.26. The topological polar surface area (TPSA) is 86.5 Å². The number of ether oxygens (including phenoxy) is 2. The molecule has 0 spiro atoms. The Morgan fingerprint density at radius 3 is 2.85 bits per heavy atom. The van der Waals surface area contributed by atoms with Crippen LogP contribution < -0.4 is 10.1 Å². The largest absolute Gasteiger partial charge is 0.480 e. The van der Waals surface area contributed by atoms with Crippen molar-refractivity contribution >= 4 is 22.4 Å². The van der Waals surface area contributed by atoms with Gasteiger partial charge in [0.25, 0.3) is 0 Å². The van der Waals surface area contributed by atoms with Crippen molar-refractivity contribution in [3.8, 4) is 17.0 Å². The molecule has 0 aliphatic carbocycles. The van der Waals surface area contributed by atoms with Gasteiger partial charge in [-0.3, -0.25) is 0 Å². The Kier molecular flexibility index (Phi) is 4.55. The van der Waals surface area contributed by atoms with Crippen molar-refractivity contribution in [2.45, 2.75) is 13.0 Å². The highest BCUT2D eigenvalue weighted by Gasteiger charge is 2.11. The summed E-state index contributed by atoms with van der Waals surface area (Å²) in [7, 11) is 3.28. The van der Waals surface area contributed by atoms with E-state index in [2.05, 4.69) is 25.4 Å². The van der Waals surface area contributed by atoms with Gasteiger partial charge in [-0.15, -0.1) is 5.10 Å². The van der Waals surface area contributed by atoms with Gasteiger partial charge in [0, 0.05) is 24.9 Å². The van der Waals surface area contributed by atoms with Gasteiger partial charge in [0.1, 0.15) is 6.33 Å². The zero-order chi connectivity index (χ0) is 18.8. The third kappa shape index (κ3) is 3.26. The van der Waals surface area contributed by atoms with Crippen LogP contribution in [0.5, 0.6) is 5.88 Å². The van der Waals surface area contributed by atoms with Crippen molar-refractivity contribution in [2.75, 3.05) is 26.1 Å². The molecular weight excluding hydrogens is 344 g/mol. The number of aromatic nitrogens is 5. The van der Waals surface area contributed by atoms with E-state index in [-0.39, 0.29) is 6.04 Å². The van der Waals surface area contributed by atoms with Crippen LogP contribution in [-0.4, -0.2) is 51.4 Å². The average Bonchev–Trinajstić information content (AvgIpc) is 3.10. The van der Waals surface area contributed by atoms with E-state index in [1.807, 2.05) is 48.1 Å². The standard InChI is InChI=1S/C19H20N6O2/c1-12(10-26-2)23-19-20-9-17-14(6-7-25(17)24-19)13-4-5-16-15(8-13)18(27-3)22-11-21-16/h4-9,11-12H,10H2,1-3H3,(H,23,24). The van der Waals surface area contributed by atoms with Gasteiger partial charge in [0.05, 0.1) is 36.3 Å². The first-order valence-corrected chi connectivity index (χ1v) is 8.58. The van der Waals surface area contributed by atoms with Crippen molar-refractivity contribution in [3.63, 3.8) is 0 Å². The second-order valence-electron chi connectivity index (χ2n) is 6.26. The lowest BCUT2D eigenvalue weighted by atomic mass is 10.1. The summed E-state index contributed by atoms with van der Waals surface area (Å²) in [6.45, 7) is 2.60. The molecule has 8 heteroatoms. The van der Waals surface area contributed by atoms with E-state index in [9.17, 15) is 0 Å². The minimum absolute atomic E-state index is 0.121. The number of fused-ring (bicyclic) bond motifs is 2. The zero-order valence-corrected chi connectivity index (χ0v) is 15.4. The molecule has 0 saturated carbocycles. The smallest absolute Gasteiger partial charge is 0.241 e. The quantitative estimate of drug-likeness (QED) is 0.563. The second-order valence-corrected chi connectivity index (χ2v) is 6.26. The first-order chi connectivity index (χ1) is 13.2. The molecule has 1 atom stereocenters. The lowest BCUT2D eigenvalue weighted by Gasteiger charge is -2.12. The first kappa shape index (κ1) is 17.2. The van der Waals surface area contributed by atoms with Crippen LogP contribution in [0, 0.1) is 0 Å². The molecule has 138 valence electrons. The maximum atomic E-state index is 5.36. The van der Waals surface area contributed by atoms with Gasteiger partial charge in [-0.2, -0.15) is 0 Å². The number of hydrogen-bond acceptors (Lipinski definition) is 7. The molecule has 1 N–H and O–H groups in total. The van der Waals surface area contributed by atoms with Crippen LogP contribution in [0.3, 0.4) is 0 Å². The fraction of sp³-hybridized carbons (Fsp3) is 0.263. The zero-order valence-electron chi connectivity index (χ0n) is 15.4. The normalized spacial score (nSPS) is 12.4. The van der Waals surface area contributed by atoms with Crippen LogP contribution in [0.4, 0.5) is 5.95 Å². The van der Waals surface area contributed by atoms with Crippen molar-refractivity contribution in [1.82, 2.24) is 24.6 Å². The van der Waals surface area contributed by atoms with Crippen LogP contribution >= 0.6 is 0 Å². The summed E-state index contributed by atoms with van der Waals surface area (Å²) in [5.41, 5.74) is 3.80. The summed E-state index contributed by atoms with van der Waals surface area (Å²) >= 11 is 0. The molecular formula is C19H20N6O2. The van der Waals surface area contributed by atoms with E-state index in [0.717, 1.165) is 27.5 Å². The Morgan fingerprint density at radius 1 is 1.15 bits per heavy atom. The summed E-state index contributed by atoms with van der Waals surface area (Å²) in [5.74, 6) is 1.11. The molecule has 8 nitrogen and oxygen atoms in total. The SMILES string of the molecule is COCC(C)Nc1ncc2c(-c3ccc4ncnc(OC)c4c3)ccn2n1. The molecule has 0 saturated heterocycles. The van der Waals surface area contributed by atoms with Crippen molar-refractivity contribution < 1.29 is 9.47 Å². The Balaban J connectivity index is 1.73. The minimum Gasteiger partial charge on any atom is -0.480 e. The Labute approximate surface area is 156 Å². The Bertz CT molecular complexity index is 1090. The summed E-state index contributed by atoms with van der Waals surface area (Å²) in [6, 6.07) is 8.15. The second kappa shape index (κ2) is 7.16. The Morgan fingerprint density at radius 2 is 2.04 bits per heavy atom. The minimum atomic E-state index is 0.121. The summed E-state index contributed by atoms with van der Waals surface area (Å²) in [4.78, 5) is 12.9. The van der Waals surface area contributed by atoms with Gasteiger partial charge in [-0.05, 0) is 30.7 Å². The highest BCUT2D eigenvalue weighted by atomic mass is 16.5. The number of benzene rings is 1. The summed E-state index contributed by atoms with van der Waals surface area (Å²) < 4.78 is 12.3. The predicted octanol–water partition coefficient (Wildman–Crippen LogP) is 2.79. The molecule has 0 amide bonds. The predicted molar refractivity (Wildman–Crippen MR) is 103 cm³/mol. The van der Waals surface area contributed by atoms with Crippen molar-refractivity contribution in [2.24, 2.45) is 0 Å². The molecule has 0 bridgehead atoms. The number of anilines is 1. The lowest BCUT2D eigenvalue weighted by Crippen LogP contribution is -2.22. The number of nitrogens with zero attached hydrogens (tertiary/aromatic N) is 5. The number of nitrogens with one attached hydrogen (secondary N) is 1. The van der Waals surface area contributed by atoms with E-state index >= 15 is 0 Å².